The van der Waals surface area contributed by atoms with Crippen LogP contribution < -0.4 is 9.46 Å². The number of carbonyl (C=O) groups is 2. The number of nitrogens with zero attached hydrogens (tertiary/aromatic N) is 2. The number of rotatable bonds is 10. The zero-order valence-electron chi connectivity index (χ0n) is 23.9. The van der Waals surface area contributed by atoms with E-state index in [2.05, 4.69) is 4.72 Å². The fraction of sp³-hybridized carbons (Fsp3) is 0.312. The SMILES string of the molecule is Cc1c(C(=O)NS(=O)(=O)C[C@H]2CCCN(C(=O)OCc3ccccc3)C2)n(CCOc2ccccc2)c2ccc(Cl)cc12. The largest absolute Gasteiger partial charge is 0.492 e. The zero-order valence-corrected chi connectivity index (χ0v) is 25.4. The Kier molecular flexibility index (Phi) is 9.57. The molecule has 0 unspecified atom stereocenters. The maximum atomic E-state index is 13.6. The van der Waals surface area contributed by atoms with Gasteiger partial charge in [-0.1, -0.05) is 60.1 Å². The predicted molar refractivity (Wildman–Crippen MR) is 166 cm³/mol. The summed E-state index contributed by atoms with van der Waals surface area (Å²) in [6.07, 6.45) is 0.780. The minimum atomic E-state index is -4.02. The van der Waals surface area contributed by atoms with Crippen LogP contribution in [-0.2, 0) is 27.9 Å². The Morgan fingerprint density at radius 3 is 2.49 bits per heavy atom. The first-order valence-electron chi connectivity index (χ1n) is 14.2. The zero-order chi connectivity index (χ0) is 30.4. The number of hydrogen-bond acceptors (Lipinski definition) is 6. The lowest BCUT2D eigenvalue weighted by molar-refractivity contribution is 0.0811. The molecule has 3 aromatic carbocycles. The molecule has 2 amide bonds. The number of ether oxygens (including phenoxy) is 2. The summed E-state index contributed by atoms with van der Waals surface area (Å²) in [4.78, 5) is 27.8. The number of benzene rings is 3. The Hall–Kier alpha value is -4.02. The van der Waals surface area contributed by atoms with Gasteiger partial charge in [-0.3, -0.25) is 4.79 Å². The van der Waals surface area contributed by atoms with E-state index in [1.54, 1.807) is 23.6 Å². The normalized spacial score (nSPS) is 15.3. The lowest BCUT2D eigenvalue weighted by Gasteiger charge is -2.31. The maximum absolute atomic E-state index is 13.6. The third-order valence-corrected chi connectivity index (χ3v) is 9.15. The second-order valence-corrected chi connectivity index (χ2v) is 12.9. The van der Waals surface area contributed by atoms with Gasteiger partial charge in [-0.05, 0) is 67.1 Å². The van der Waals surface area contributed by atoms with Gasteiger partial charge in [-0.25, -0.2) is 17.9 Å². The molecule has 0 aliphatic carbocycles. The molecule has 4 aromatic rings. The summed E-state index contributed by atoms with van der Waals surface area (Å²) in [7, 11) is -4.02. The van der Waals surface area contributed by atoms with Gasteiger partial charge in [-0.2, -0.15) is 0 Å². The number of piperidine rings is 1. The van der Waals surface area contributed by atoms with Crippen LogP contribution >= 0.6 is 11.6 Å². The highest BCUT2D eigenvalue weighted by Crippen LogP contribution is 2.29. The number of para-hydroxylation sites is 1. The molecule has 1 atom stereocenters. The molecule has 1 saturated heterocycles. The molecule has 43 heavy (non-hydrogen) atoms. The topological polar surface area (TPSA) is 107 Å². The lowest BCUT2D eigenvalue weighted by Crippen LogP contribution is -2.44. The number of hydrogen-bond donors (Lipinski definition) is 1. The molecule has 0 bridgehead atoms. The smallest absolute Gasteiger partial charge is 0.410 e. The van der Waals surface area contributed by atoms with E-state index in [9.17, 15) is 18.0 Å². The van der Waals surface area contributed by atoms with E-state index in [0.29, 0.717) is 42.3 Å². The second-order valence-electron chi connectivity index (χ2n) is 10.7. The van der Waals surface area contributed by atoms with Gasteiger partial charge >= 0.3 is 6.09 Å². The predicted octanol–water partition coefficient (Wildman–Crippen LogP) is 5.79. The summed E-state index contributed by atoms with van der Waals surface area (Å²) in [5.74, 6) is -0.658. The second kappa shape index (κ2) is 13.5. The van der Waals surface area contributed by atoms with Crippen molar-refractivity contribution in [3.8, 4) is 5.75 Å². The Morgan fingerprint density at radius 1 is 1.02 bits per heavy atom. The van der Waals surface area contributed by atoms with Gasteiger partial charge in [0, 0.05) is 29.0 Å². The van der Waals surface area contributed by atoms with Crippen LogP contribution in [0.15, 0.2) is 78.9 Å². The van der Waals surface area contributed by atoms with Gasteiger partial charge < -0.3 is 18.9 Å². The summed E-state index contributed by atoms with van der Waals surface area (Å²) in [6, 6.07) is 24.0. The number of aromatic nitrogens is 1. The van der Waals surface area contributed by atoms with Crippen LogP contribution in [0.25, 0.3) is 10.9 Å². The van der Waals surface area contributed by atoms with Crippen molar-refractivity contribution >= 4 is 44.5 Å². The van der Waals surface area contributed by atoms with Crippen molar-refractivity contribution in [1.82, 2.24) is 14.2 Å². The number of carbonyl (C=O) groups excluding carboxylic acids is 2. The number of halogens is 1. The molecule has 0 radical (unpaired) electrons. The summed E-state index contributed by atoms with van der Waals surface area (Å²) in [5, 5.41) is 1.27. The molecular formula is C32H34ClN3O6S. The summed E-state index contributed by atoms with van der Waals surface area (Å²) in [6.45, 7) is 3.22. The van der Waals surface area contributed by atoms with Gasteiger partial charge in [0.05, 0.1) is 12.3 Å². The Bertz CT molecular complexity index is 1690. The average Bonchev–Trinajstić information content (AvgIpc) is 3.27. The van der Waals surface area contributed by atoms with Gasteiger partial charge in [0.2, 0.25) is 10.0 Å². The number of sulfonamides is 1. The van der Waals surface area contributed by atoms with E-state index in [1.165, 1.54) is 4.90 Å². The standard InChI is InChI=1S/C32H34ClN3O6S/c1-23-28-19-26(33)14-15-29(28)36(17-18-41-27-12-6-3-7-13-27)30(23)31(37)34-43(39,40)22-25-11-8-16-35(20-25)32(38)42-21-24-9-4-2-5-10-24/h2-7,9-10,12-15,19,25H,8,11,16-18,20-22H2,1H3,(H,34,37)/t25-/m0/s1. The van der Waals surface area contributed by atoms with E-state index >= 15 is 0 Å². The van der Waals surface area contributed by atoms with E-state index in [0.717, 1.165) is 16.5 Å². The molecule has 5 rings (SSSR count). The van der Waals surface area contributed by atoms with Crippen LogP contribution in [0, 0.1) is 12.8 Å². The molecule has 1 aliphatic rings. The molecule has 11 heteroatoms. The molecule has 1 aliphatic heterocycles. The van der Waals surface area contributed by atoms with Crippen LogP contribution in [0.4, 0.5) is 4.79 Å². The molecular weight excluding hydrogens is 590 g/mol. The van der Waals surface area contributed by atoms with Gasteiger partial charge in [0.15, 0.2) is 0 Å². The minimum absolute atomic E-state index is 0.143. The van der Waals surface area contributed by atoms with Crippen molar-refractivity contribution in [3.05, 3.63) is 101 Å². The number of likely N-dealkylation sites (tertiary alicyclic amines) is 1. The highest BCUT2D eigenvalue weighted by molar-refractivity contribution is 7.90. The Balaban J connectivity index is 1.26. The third kappa shape index (κ3) is 7.69. The summed E-state index contributed by atoms with van der Waals surface area (Å²) < 4.78 is 41.8. The monoisotopic (exact) mass is 623 g/mol. The van der Waals surface area contributed by atoms with Gasteiger partial charge in [0.25, 0.3) is 5.91 Å². The van der Waals surface area contributed by atoms with Crippen molar-refractivity contribution < 1.29 is 27.5 Å². The molecule has 1 aromatic heterocycles. The van der Waals surface area contributed by atoms with Crippen molar-refractivity contribution in [2.75, 3.05) is 25.4 Å². The van der Waals surface area contributed by atoms with Crippen molar-refractivity contribution in [2.45, 2.75) is 32.9 Å². The highest BCUT2D eigenvalue weighted by atomic mass is 35.5. The fourth-order valence-corrected chi connectivity index (χ4v) is 7.04. The quantitative estimate of drug-likeness (QED) is 0.240. The van der Waals surface area contributed by atoms with Crippen LogP contribution in [0.2, 0.25) is 5.02 Å². The van der Waals surface area contributed by atoms with Crippen molar-refractivity contribution in [2.24, 2.45) is 5.92 Å². The van der Waals surface area contributed by atoms with Crippen molar-refractivity contribution in [3.63, 3.8) is 0 Å². The first-order chi connectivity index (χ1) is 20.7. The average molecular weight is 624 g/mol. The molecule has 9 nitrogen and oxygen atoms in total. The minimum Gasteiger partial charge on any atom is -0.492 e. The van der Waals surface area contributed by atoms with Crippen molar-refractivity contribution in [1.29, 1.82) is 0 Å². The summed E-state index contributed by atoms with van der Waals surface area (Å²) >= 11 is 6.25. The van der Waals surface area contributed by atoms with Crippen LogP contribution in [0.5, 0.6) is 5.75 Å². The highest BCUT2D eigenvalue weighted by Gasteiger charge is 2.30. The molecule has 1 N–H and O–H groups in total. The van der Waals surface area contributed by atoms with Gasteiger partial charge in [-0.15, -0.1) is 0 Å². The molecule has 2 heterocycles. The maximum Gasteiger partial charge on any atom is 0.410 e. The first kappa shape index (κ1) is 30.4. The van der Waals surface area contributed by atoms with Crippen LogP contribution in [0.3, 0.4) is 0 Å². The Labute approximate surface area is 256 Å². The number of nitrogens with one attached hydrogen (secondary N) is 1. The molecule has 0 saturated carbocycles. The van der Waals surface area contributed by atoms with Gasteiger partial charge in [0.1, 0.15) is 24.7 Å². The Morgan fingerprint density at radius 2 is 1.74 bits per heavy atom. The lowest BCUT2D eigenvalue weighted by atomic mass is 10.0. The fourth-order valence-electron chi connectivity index (χ4n) is 5.51. The number of fused-ring (bicyclic) bond motifs is 1. The summed E-state index contributed by atoms with van der Waals surface area (Å²) in [5.41, 5.74) is 2.47. The van der Waals surface area contributed by atoms with Crippen LogP contribution in [-0.4, -0.2) is 55.3 Å². The first-order valence-corrected chi connectivity index (χ1v) is 16.2. The molecule has 226 valence electrons. The van der Waals surface area contributed by atoms with E-state index in [-0.39, 0.29) is 37.1 Å². The molecule has 1 fully saturated rings. The number of aryl methyl sites for hydroxylation is 1. The molecule has 0 spiro atoms. The van der Waals surface area contributed by atoms with E-state index < -0.39 is 22.0 Å². The van der Waals surface area contributed by atoms with E-state index in [4.69, 9.17) is 21.1 Å². The number of amides is 2. The van der Waals surface area contributed by atoms with E-state index in [1.807, 2.05) is 66.7 Å². The third-order valence-electron chi connectivity index (χ3n) is 7.51. The van der Waals surface area contributed by atoms with Crippen LogP contribution in [0.1, 0.15) is 34.5 Å².